The minimum absolute atomic E-state index is 0.216. The summed E-state index contributed by atoms with van der Waals surface area (Å²) < 4.78 is 16.7. The van der Waals surface area contributed by atoms with Crippen molar-refractivity contribution in [1.29, 1.82) is 0 Å². The number of rotatable bonds is 3. The molecule has 5 heteroatoms. The van der Waals surface area contributed by atoms with Crippen molar-refractivity contribution < 1.29 is 19.3 Å². The van der Waals surface area contributed by atoms with Crippen molar-refractivity contribution in [2.45, 2.75) is 32.1 Å². The fourth-order valence-electron chi connectivity index (χ4n) is 2.82. The van der Waals surface area contributed by atoms with E-state index in [2.05, 4.69) is 18.7 Å². The van der Waals surface area contributed by atoms with Crippen LogP contribution < -0.4 is 9.47 Å². The first-order valence-electron chi connectivity index (χ1n) is 7.56. The zero-order valence-electron chi connectivity index (χ0n) is 12.6. The van der Waals surface area contributed by atoms with Crippen LogP contribution in [0.5, 0.6) is 11.5 Å². The fourth-order valence-corrected chi connectivity index (χ4v) is 2.82. The second-order valence-corrected chi connectivity index (χ2v) is 5.87. The van der Waals surface area contributed by atoms with Gasteiger partial charge in [-0.15, -0.1) is 0 Å². The monoisotopic (exact) mass is 293 g/mol. The van der Waals surface area contributed by atoms with Crippen LogP contribution in [0.3, 0.4) is 0 Å². The Morgan fingerprint density at radius 3 is 2.81 bits per heavy atom. The van der Waals surface area contributed by atoms with Crippen molar-refractivity contribution in [2.75, 3.05) is 32.9 Å². The van der Waals surface area contributed by atoms with E-state index in [4.69, 9.17) is 14.2 Å². The number of morpholine rings is 1. The quantitative estimate of drug-likeness (QED) is 0.917. The Morgan fingerprint density at radius 2 is 2.00 bits per heavy atom. The third-order valence-corrected chi connectivity index (χ3v) is 4.10. The van der Waals surface area contributed by atoms with Crippen molar-refractivity contribution in [3.63, 3.8) is 0 Å². The Bertz CT molecular complexity index is 493. The first kappa shape index (κ1) is 14.6. The molecule has 0 spiro atoms. The zero-order chi connectivity index (χ0) is 14.8. The van der Waals surface area contributed by atoms with Crippen molar-refractivity contribution in [2.24, 2.45) is 0 Å². The molecule has 1 N–H and O–H groups in total. The first-order valence-corrected chi connectivity index (χ1v) is 7.56. The van der Waals surface area contributed by atoms with Crippen LogP contribution in [0.2, 0.25) is 0 Å². The Morgan fingerprint density at radius 1 is 1.24 bits per heavy atom. The predicted octanol–water partition coefficient (Wildman–Crippen LogP) is 1.60. The molecule has 0 aliphatic carbocycles. The van der Waals surface area contributed by atoms with Crippen LogP contribution >= 0.6 is 0 Å². The van der Waals surface area contributed by atoms with E-state index < -0.39 is 6.10 Å². The third-order valence-electron chi connectivity index (χ3n) is 4.10. The summed E-state index contributed by atoms with van der Waals surface area (Å²) in [4.78, 5) is 2.27. The number of nitrogens with zero attached hydrogens (tertiary/aromatic N) is 1. The number of fused-ring (bicyclic) bond motifs is 1. The lowest BCUT2D eigenvalue weighted by Gasteiger charge is -2.37. The molecule has 5 nitrogen and oxygen atoms in total. The molecule has 0 radical (unpaired) electrons. The molecular formula is C16H23NO4. The highest BCUT2D eigenvalue weighted by atomic mass is 16.6. The predicted molar refractivity (Wildman–Crippen MR) is 78.8 cm³/mol. The highest BCUT2D eigenvalue weighted by molar-refractivity contribution is 5.44. The molecule has 1 aromatic carbocycles. The molecule has 3 unspecified atom stereocenters. The molecule has 0 aromatic heterocycles. The van der Waals surface area contributed by atoms with E-state index >= 15 is 0 Å². The molecule has 2 heterocycles. The highest BCUT2D eigenvalue weighted by Gasteiger charge is 2.26. The molecule has 0 amide bonds. The van der Waals surface area contributed by atoms with E-state index in [-0.39, 0.29) is 6.10 Å². The Kier molecular flexibility index (Phi) is 4.33. The molecule has 3 atom stereocenters. The second-order valence-electron chi connectivity index (χ2n) is 5.87. The largest absolute Gasteiger partial charge is 0.486 e. The molecule has 21 heavy (non-hydrogen) atoms. The van der Waals surface area contributed by atoms with Gasteiger partial charge in [0.15, 0.2) is 11.5 Å². The van der Waals surface area contributed by atoms with Crippen LogP contribution in [0.15, 0.2) is 18.2 Å². The molecule has 1 saturated heterocycles. The third kappa shape index (κ3) is 3.31. The molecule has 1 aromatic rings. The van der Waals surface area contributed by atoms with Crippen molar-refractivity contribution in [3.8, 4) is 11.5 Å². The van der Waals surface area contributed by atoms with Gasteiger partial charge in [-0.1, -0.05) is 6.07 Å². The Hall–Kier alpha value is -1.30. The maximum atomic E-state index is 10.5. The van der Waals surface area contributed by atoms with Gasteiger partial charge in [0.1, 0.15) is 13.2 Å². The molecule has 2 aliphatic rings. The Labute approximate surface area is 125 Å². The fraction of sp³-hybridized carbons (Fsp3) is 0.625. The van der Waals surface area contributed by atoms with Crippen LogP contribution in [-0.4, -0.2) is 55.1 Å². The Balaban J connectivity index is 1.68. The van der Waals surface area contributed by atoms with E-state index in [9.17, 15) is 5.11 Å². The van der Waals surface area contributed by atoms with E-state index in [1.807, 2.05) is 18.2 Å². The summed E-state index contributed by atoms with van der Waals surface area (Å²) in [5.74, 6) is 1.48. The van der Waals surface area contributed by atoms with Crippen LogP contribution in [0.4, 0.5) is 0 Å². The molecule has 116 valence electrons. The topological polar surface area (TPSA) is 51.2 Å². The van der Waals surface area contributed by atoms with E-state index in [0.29, 0.717) is 25.8 Å². The van der Waals surface area contributed by atoms with E-state index in [1.165, 1.54) is 0 Å². The van der Waals surface area contributed by atoms with Crippen molar-refractivity contribution in [3.05, 3.63) is 23.8 Å². The average Bonchev–Trinajstić information content (AvgIpc) is 2.50. The summed E-state index contributed by atoms with van der Waals surface area (Å²) in [6.45, 7) is 7.51. The van der Waals surface area contributed by atoms with Gasteiger partial charge in [-0.2, -0.15) is 0 Å². The molecule has 2 aliphatic heterocycles. The summed E-state index contributed by atoms with van der Waals surface area (Å²) in [5.41, 5.74) is 0.866. The molecular weight excluding hydrogens is 270 g/mol. The summed E-state index contributed by atoms with van der Waals surface area (Å²) in [5, 5.41) is 10.5. The summed E-state index contributed by atoms with van der Waals surface area (Å²) in [7, 11) is 0. The first-order chi connectivity index (χ1) is 10.1. The van der Waals surface area contributed by atoms with E-state index in [1.54, 1.807) is 0 Å². The van der Waals surface area contributed by atoms with Gasteiger partial charge in [0.25, 0.3) is 0 Å². The van der Waals surface area contributed by atoms with Crippen molar-refractivity contribution >= 4 is 0 Å². The smallest absolute Gasteiger partial charge is 0.161 e. The normalized spacial score (nSPS) is 27.4. The number of hydrogen-bond donors (Lipinski definition) is 1. The maximum Gasteiger partial charge on any atom is 0.161 e. The SMILES string of the molecule is CC1CN(CC(O)c2ccc3c(c2)OCCO3)C(C)CO1. The minimum atomic E-state index is -0.534. The van der Waals surface area contributed by atoms with Gasteiger partial charge in [-0.25, -0.2) is 0 Å². The van der Waals surface area contributed by atoms with Crippen LogP contribution in [-0.2, 0) is 4.74 Å². The number of hydrogen-bond acceptors (Lipinski definition) is 5. The molecule has 0 bridgehead atoms. The number of benzene rings is 1. The lowest BCUT2D eigenvalue weighted by molar-refractivity contribution is -0.0620. The zero-order valence-corrected chi connectivity index (χ0v) is 12.6. The minimum Gasteiger partial charge on any atom is -0.486 e. The molecule has 3 rings (SSSR count). The summed E-state index contributed by atoms with van der Waals surface area (Å²) in [6.07, 6.45) is -0.317. The summed E-state index contributed by atoms with van der Waals surface area (Å²) >= 11 is 0. The van der Waals surface area contributed by atoms with E-state index in [0.717, 1.165) is 30.2 Å². The average molecular weight is 293 g/mol. The number of ether oxygens (including phenoxy) is 3. The number of aliphatic hydroxyl groups is 1. The summed E-state index contributed by atoms with van der Waals surface area (Å²) in [6, 6.07) is 5.99. The highest BCUT2D eigenvalue weighted by Crippen LogP contribution is 2.33. The van der Waals surface area contributed by atoms with Gasteiger partial charge < -0.3 is 19.3 Å². The van der Waals surface area contributed by atoms with Gasteiger partial charge in [0.2, 0.25) is 0 Å². The van der Waals surface area contributed by atoms with Gasteiger partial charge in [-0.3, -0.25) is 4.90 Å². The van der Waals surface area contributed by atoms with Crippen LogP contribution in [0, 0.1) is 0 Å². The second kappa shape index (κ2) is 6.22. The number of β-amino-alcohol motifs (C(OH)–C–C–N with tert-alkyl or cyclic N) is 1. The van der Waals surface area contributed by atoms with Gasteiger partial charge in [0, 0.05) is 19.1 Å². The standard InChI is InChI=1S/C16H23NO4/c1-11-10-21-12(2)8-17(11)9-14(18)13-3-4-15-16(7-13)20-6-5-19-15/h3-4,7,11-12,14,18H,5-6,8-10H2,1-2H3. The lowest BCUT2D eigenvalue weighted by Crippen LogP contribution is -2.48. The van der Waals surface area contributed by atoms with Crippen LogP contribution in [0.25, 0.3) is 0 Å². The van der Waals surface area contributed by atoms with Gasteiger partial charge in [0.05, 0.1) is 18.8 Å². The molecule has 1 fully saturated rings. The van der Waals surface area contributed by atoms with Gasteiger partial charge in [-0.05, 0) is 31.5 Å². The number of aliphatic hydroxyl groups excluding tert-OH is 1. The maximum absolute atomic E-state index is 10.5. The molecule has 0 saturated carbocycles. The van der Waals surface area contributed by atoms with Crippen LogP contribution in [0.1, 0.15) is 25.5 Å². The lowest BCUT2D eigenvalue weighted by atomic mass is 10.1. The van der Waals surface area contributed by atoms with Crippen molar-refractivity contribution in [1.82, 2.24) is 4.90 Å². The van der Waals surface area contributed by atoms with Gasteiger partial charge >= 0.3 is 0 Å².